The first-order chi connectivity index (χ1) is 8.99. The van der Waals surface area contributed by atoms with Crippen molar-refractivity contribution in [2.24, 2.45) is 5.73 Å². The van der Waals surface area contributed by atoms with E-state index in [2.05, 4.69) is 10.3 Å². The van der Waals surface area contributed by atoms with Gasteiger partial charge in [0, 0.05) is 17.6 Å². The van der Waals surface area contributed by atoms with Crippen LogP contribution in [0.5, 0.6) is 0 Å². The van der Waals surface area contributed by atoms with Crippen molar-refractivity contribution < 1.29 is 19.5 Å². The number of thioether (sulfide) groups is 1. The second-order valence-corrected chi connectivity index (χ2v) is 5.53. The summed E-state index contributed by atoms with van der Waals surface area (Å²) in [7, 11) is 0. The SMILES string of the molecule is NC(=O)CSCCC(=O)NCc1nc(C(=O)O)cs1. The van der Waals surface area contributed by atoms with Gasteiger partial charge in [-0.1, -0.05) is 0 Å². The van der Waals surface area contributed by atoms with E-state index >= 15 is 0 Å². The molecule has 1 heterocycles. The Kier molecular flexibility index (Phi) is 6.30. The first-order valence-corrected chi connectivity index (χ1v) is 7.33. The van der Waals surface area contributed by atoms with E-state index in [0.29, 0.717) is 10.8 Å². The Morgan fingerprint density at radius 1 is 1.47 bits per heavy atom. The number of hydrogen-bond donors (Lipinski definition) is 3. The summed E-state index contributed by atoms with van der Waals surface area (Å²) in [5, 5.41) is 13.3. The van der Waals surface area contributed by atoms with Crippen molar-refractivity contribution in [3.05, 3.63) is 16.1 Å². The summed E-state index contributed by atoms with van der Waals surface area (Å²) in [6.07, 6.45) is 0.273. The fraction of sp³-hybridized carbons (Fsp3) is 0.400. The number of primary amides is 1. The molecule has 0 fully saturated rings. The molecular formula is C10H13N3O4S2. The molecule has 19 heavy (non-hydrogen) atoms. The predicted molar refractivity (Wildman–Crippen MR) is 72.1 cm³/mol. The third-order valence-electron chi connectivity index (χ3n) is 1.93. The highest BCUT2D eigenvalue weighted by atomic mass is 32.2. The van der Waals surface area contributed by atoms with Crippen molar-refractivity contribution in [2.45, 2.75) is 13.0 Å². The summed E-state index contributed by atoms with van der Waals surface area (Å²) in [6.45, 7) is 0.206. The van der Waals surface area contributed by atoms with Crippen LogP contribution in [0.4, 0.5) is 0 Å². The van der Waals surface area contributed by atoms with Crippen LogP contribution >= 0.6 is 23.1 Å². The van der Waals surface area contributed by atoms with E-state index in [0.717, 1.165) is 0 Å². The Morgan fingerprint density at radius 3 is 2.79 bits per heavy atom. The van der Waals surface area contributed by atoms with Gasteiger partial charge in [-0.2, -0.15) is 11.8 Å². The number of rotatable bonds is 8. The molecule has 4 N–H and O–H groups in total. The van der Waals surface area contributed by atoms with Gasteiger partial charge in [-0.25, -0.2) is 9.78 Å². The van der Waals surface area contributed by atoms with E-state index in [4.69, 9.17) is 10.8 Å². The molecule has 0 spiro atoms. The van der Waals surface area contributed by atoms with Crippen LogP contribution in [-0.4, -0.2) is 39.4 Å². The number of nitrogens with two attached hydrogens (primary N) is 1. The molecule has 0 aromatic carbocycles. The molecule has 0 saturated carbocycles. The molecule has 7 nitrogen and oxygen atoms in total. The summed E-state index contributed by atoms with van der Waals surface area (Å²) in [5.74, 6) is -0.968. The predicted octanol–water partition coefficient (Wildman–Crippen LogP) is 0.0661. The number of carboxylic acid groups (broad SMARTS) is 1. The van der Waals surface area contributed by atoms with Crippen LogP contribution in [-0.2, 0) is 16.1 Å². The van der Waals surface area contributed by atoms with Crippen molar-refractivity contribution in [2.75, 3.05) is 11.5 Å². The van der Waals surface area contributed by atoms with E-state index in [9.17, 15) is 14.4 Å². The lowest BCUT2D eigenvalue weighted by Gasteiger charge is -2.02. The number of aromatic nitrogens is 1. The smallest absolute Gasteiger partial charge is 0.355 e. The van der Waals surface area contributed by atoms with Crippen LogP contribution in [0.1, 0.15) is 21.9 Å². The third kappa shape index (κ3) is 6.20. The minimum atomic E-state index is -1.09. The number of thiazole rings is 1. The molecule has 0 aliphatic rings. The van der Waals surface area contributed by atoms with Gasteiger partial charge in [0.25, 0.3) is 0 Å². The standard InChI is InChI=1S/C10H13N3O4S2/c11-7(14)5-18-2-1-8(15)12-3-9-13-6(4-19-9)10(16)17/h4H,1-3,5H2,(H2,11,14)(H,12,15)(H,16,17). The quantitative estimate of drug-likeness (QED) is 0.584. The van der Waals surface area contributed by atoms with Gasteiger partial charge in [0.05, 0.1) is 12.3 Å². The number of hydrogen-bond acceptors (Lipinski definition) is 6. The van der Waals surface area contributed by atoms with Crippen molar-refractivity contribution in [1.29, 1.82) is 0 Å². The Morgan fingerprint density at radius 2 is 2.21 bits per heavy atom. The summed E-state index contributed by atoms with van der Waals surface area (Å²) < 4.78 is 0. The highest BCUT2D eigenvalue weighted by Crippen LogP contribution is 2.09. The molecule has 1 aromatic heterocycles. The van der Waals surface area contributed by atoms with Crippen molar-refractivity contribution in [3.63, 3.8) is 0 Å². The minimum absolute atomic E-state index is 0.0220. The van der Waals surface area contributed by atoms with Crippen LogP contribution in [0.25, 0.3) is 0 Å². The lowest BCUT2D eigenvalue weighted by molar-refractivity contribution is -0.121. The molecule has 104 valence electrons. The molecule has 1 rings (SSSR count). The maximum atomic E-state index is 11.4. The van der Waals surface area contributed by atoms with Gasteiger partial charge in [-0.05, 0) is 0 Å². The molecule has 1 aromatic rings. The first kappa shape index (κ1) is 15.4. The normalized spacial score (nSPS) is 10.1. The van der Waals surface area contributed by atoms with E-state index in [-0.39, 0.29) is 30.3 Å². The average Bonchev–Trinajstić information content (AvgIpc) is 2.81. The number of carboxylic acids is 1. The fourth-order valence-corrected chi connectivity index (χ4v) is 2.47. The zero-order valence-corrected chi connectivity index (χ0v) is 11.6. The molecule has 9 heteroatoms. The van der Waals surface area contributed by atoms with Crippen LogP contribution in [0.2, 0.25) is 0 Å². The largest absolute Gasteiger partial charge is 0.476 e. The second-order valence-electron chi connectivity index (χ2n) is 3.48. The third-order valence-corrected chi connectivity index (χ3v) is 3.76. The molecule has 0 bridgehead atoms. The van der Waals surface area contributed by atoms with E-state index in [1.54, 1.807) is 0 Å². The summed E-state index contributed by atoms with van der Waals surface area (Å²) in [6, 6.07) is 0. The Labute approximate surface area is 117 Å². The molecule has 0 saturated heterocycles. The lowest BCUT2D eigenvalue weighted by Crippen LogP contribution is -2.23. The van der Waals surface area contributed by atoms with Gasteiger partial charge in [0.2, 0.25) is 11.8 Å². The van der Waals surface area contributed by atoms with E-state index in [1.807, 2.05) is 0 Å². The van der Waals surface area contributed by atoms with Gasteiger partial charge in [0.15, 0.2) is 5.69 Å². The highest BCUT2D eigenvalue weighted by Gasteiger charge is 2.09. The zero-order chi connectivity index (χ0) is 14.3. The molecule has 0 atom stereocenters. The van der Waals surface area contributed by atoms with Crippen molar-refractivity contribution in [1.82, 2.24) is 10.3 Å². The van der Waals surface area contributed by atoms with Crippen LogP contribution in [0.3, 0.4) is 0 Å². The molecule has 0 unspecified atom stereocenters. The zero-order valence-electron chi connectivity index (χ0n) is 9.92. The van der Waals surface area contributed by atoms with Gasteiger partial charge in [0.1, 0.15) is 5.01 Å². The molecular weight excluding hydrogens is 290 g/mol. The first-order valence-electron chi connectivity index (χ1n) is 5.29. The van der Waals surface area contributed by atoms with Gasteiger partial charge in [-0.15, -0.1) is 11.3 Å². The second kappa shape index (κ2) is 7.74. The molecule has 0 radical (unpaired) electrons. The van der Waals surface area contributed by atoms with Crippen LogP contribution in [0, 0.1) is 0 Å². The van der Waals surface area contributed by atoms with Crippen molar-refractivity contribution in [3.8, 4) is 0 Å². The fourth-order valence-electron chi connectivity index (χ4n) is 1.09. The number of nitrogens with one attached hydrogen (secondary N) is 1. The summed E-state index contributed by atoms with van der Waals surface area (Å²) in [5.41, 5.74) is 4.93. The minimum Gasteiger partial charge on any atom is -0.476 e. The number of amides is 2. The molecule has 2 amide bonds. The molecule has 0 aliphatic heterocycles. The number of aromatic carboxylic acids is 1. The number of carbonyl (C=O) groups is 3. The summed E-state index contributed by atoms with van der Waals surface area (Å²) in [4.78, 5) is 36.3. The van der Waals surface area contributed by atoms with E-state index in [1.165, 1.54) is 28.5 Å². The molecule has 0 aliphatic carbocycles. The van der Waals surface area contributed by atoms with Gasteiger partial charge in [-0.3, -0.25) is 9.59 Å². The Hall–Kier alpha value is -1.61. The van der Waals surface area contributed by atoms with E-state index < -0.39 is 11.9 Å². The maximum Gasteiger partial charge on any atom is 0.355 e. The average molecular weight is 303 g/mol. The Balaban J connectivity index is 2.22. The maximum absolute atomic E-state index is 11.4. The summed E-state index contributed by atoms with van der Waals surface area (Å²) >= 11 is 2.47. The van der Waals surface area contributed by atoms with Crippen LogP contribution in [0.15, 0.2) is 5.38 Å². The van der Waals surface area contributed by atoms with Crippen molar-refractivity contribution >= 4 is 40.9 Å². The Bertz CT molecular complexity index is 475. The highest BCUT2D eigenvalue weighted by molar-refractivity contribution is 7.99. The number of nitrogens with zero attached hydrogens (tertiary/aromatic N) is 1. The van der Waals surface area contributed by atoms with Crippen LogP contribution < -0.4 is 11.1 Å². The topological polar surface area (TPSA) is 122 Å². The lowest BCUT2D eigenvalue weighted by atomic mass is 10.4. The van der Waals surface area contributed by atoms with Gasteiger partial charge >= 0.3 is 5.97 Å². The van der Waals surface area contributed by atoms with Gasteiger partial charge < -0.3 is 16.2 Å². The number of carbonyl (C=O) groups excluding carboxylic acids is 2. The monoisotopic (exact) mass is 303 g/mol.